The number of hydrogen-bond donors (Lipinski definition) is 2. The van der Waals surface area contributed by atoms with E-state index in [1.165, 1.54) is 0 Å². The van der Waals surface area contributed by atoms with Crippen LogP contribution in [0.4, 0.5) is 5.69 Å². The molecule has 2 rings (SSSR count). The molecule has 0 saturated carbocycles. The lowest BCUT2D eigenvalue weighted by atomic mass is 10.2. The lowest BCUT2D eigenvalue weighted by molar-refractivity contribution is -0.123. The van der Waals surface area contributed by atoms with Crippen LogP contribution >= 0.6 is 11.8 Å². The summed E-state index contributed by atoms with van der Waals surface area (Å²) in [5.41, 5.74) is 1.74. The Kier molecular flexibility index (Phi) is 8.16. The fourth-order valence-electron chi connectivity index (χ4n) is 2.52. The minimum Gasteiger partial charge on any atom is -0.497 e. The van der Waals surface area contributed by atoms with E-state index in [1.807, 2.05) is 54.8 Å². The number of nitrogens with one attached hydrogen (secondary N) is 2. The Morgan fingerprint density at radius 1 is 1.07 bits per heavy atom. The Morgan fingerprint density at radius 2 is 1.81 bits per heavy atom. The van der Waals surface area contributed by atoms with Gasteiger partial charge in [0.25, 0.3) is 0 Å². The van der Waals surface area contributed by atoms with Crippen molar-refractivity contribution in [3.05, 3.63) is 54.1 Å². The Bertz CT molecular complexity index is 783. The number of ether oxygens (including phenoxy) is 1. The highest BCUT2D eigenvalue weighted by Gasteiger charge is 2.12. The highest BCUT2D eigenvalue weighted by Crippen LogP contribution is 2.24. The zero-order chi connectivity index (χ0) is 19.6. The standard InChI is InChI=1S/C20H25N3O3S/c1-23(14-20(25)22-17-9-4-5-10-18(17)27-3)13-19(24)21-12-15-7-6-8-16(11-15)26-2/h4-11H,12-14H2,1-3H3,(H,21,24)(H,22,25). The first-order valence-electron chi connectivity index (χ1n) is 8.53. The molecule has 2 aromatic rings. The number of nitrogens with zero attached hydrogens (tertiary/aromatic N) is 1. The number of carbonyl (C=O) groups excluding carboxylic acids is 2. The van der Waals surface area contributed by atoms with Crippen molar-refractivity contribution in [3.63, 3.8) is 0 Å². The van der Waals surface area contributed by atoms with E-state index in [4.69, 9.17) is 4.74 Å². The molecular formula is C20H25N3O3S. The molecule has 0 heterocycles. The fourth-order valence-corrected chi connectivity index (χ4v) is 3.08. The molecule has 0 aliphatic heterocycles. The first kappa shape index (κ1) is 20.8. The van der Waals surface area contributed by atoms with Crippen LogP contribution in [0.2, 0.25) is 0 Å². The molecule has 144 valence electrons. The molecule has 0 unspecified atom stereocenters. The molecule has 7 heteroatoms. The summed E-state index contributed by atoms with van der Waals surface area (Å²) in [6.45, 7) is 0.689. The molecule has 2 amide bonds. The Balaban J connectivity index is 1.77. The molecular weight excluding hydrogens is 362 g/mol. The van der Waals surface area contributed by atoms with Gasteiger partial charge < -0.3 is 15.4 Å². The minimum absolute atomic E-state index is 0.134. The van der Waals surface area contributed by atoms with Crippen LogP contribution in [0.3, 0.4) is 0 Å². The molecule has 2 N–H and O–H groups in total. The molecule has 0 aliphatic carbocycles. The van der Waals surface area contributed by atoms with Crippen molar-refractivity contribution in [1.29, 1.82) is 0 Å². The molecule has 0 aromatic heterocycles. The summed E-state index contributed by atoms with van der Waals surface area (Å²) in [5.74, 6) is 0.457. The number of carbonyl (C=O) groups is 2. The van der Waals surface area contributed by atoms with Crippen molar-refractivity contribution >= 4 is 29.3 Å². The molecule has 0 aliphatic rings. The number of methoxy groups -OCH3 is 1. The number of benzene rings is 2. The number of anilines is 1. The van der Waals surface area contributed by atoms with Gasteiger partial charge in [0.05, 0.1) is 25.9 Å². The first-order chi connectivity index (χ1) is 13.0. The zero-order valence-electron chi connectivity index (χ0n) is 15.8. The average Bonchev–Trinajstić information content (AvgIpc) is 2.66. The molecule has 0 saturated heterocycles. The summed E-state index contributed by atoms with van der Waals surface area (Å²) < 4.78 is 5.17. The average molecular weight is 388 g/mol. The van der Waals surface area contributed by atoms with Crippen LogP contribution in [-0.4, -0.2) is 50.2 Å². The number of likely N-dealkylation sites (N-methyl/N-ethyl adjacent to an activating group) is 1. The van der Waals surface area contributed by atoms with Crippen LogP contribution in [0.5, 0.6) is 5.75 Å². The van der Waals surface area contributed by atoms with Crippen molar-refractivity contribution in [2.24, 2.45) is 0 Å². The van der Waals surface area contributed by atoms with Gasteiger partial charge in [0.2, 0.25) is 11.8 Å². The summed E-state index contributed by atoms with van der Waals surface area (Å²) in [4.78, 5) is 27.0. The molecule has 27 heavy (non-hydrogen) atoms. The van der Waals surface area contributed by atoms with Gasteiger partial charge in [-0.05, 0) is 43.1 Å². The van der Waals surface area contributed by atoms with Crippen LogP contribution in [0.25, 0.3) is 0 Å². The van der Waals surface area contributed by atoms with E-state index in [2.05, 4.69) is 10.6 Å². The molecule has 0 radical (unpaired) electrons. The van der Waals surface area contributed by atoms with Gasteiger partial charge in [0.1, 0.15) is 5.75 Å². The third-order valence-corrected chi connectivity index (χ3v) is 4.63. The molecule has 0 bridgehead atoms. The predicted octanol–water partition coefficient (Wildman–Crippen LogP) is 2.60. The topological polar surface area (TPSA) is 70.7 Å². The SMILES string of the molecule is COc1cccc(CNC(=O)CN(C)CC(=O)Nc2ccccc2SC)c1. The lowest BCUT2D eigenvalue weighted by Crippen LogP contribution is -2.38. The Hall–Kier alpha value is -2.51. The number of hydrogen-bond acceptors (Lipinski definition) is 5. The van der Waals surface area contributed by atoms with Crippen molar-refractivity contribution < 1.29 is 14.3 Å². The fraction of sp³-hybridized carbons (Fsp3) is 0.300. The Labute approximate surface area is 164 Å². The van der Waals surface area contributed by atoms with Gasteiger partial charge in [-0.25, -0.2) is 0 Å². The second kappa shape index (κ2) is 10.6. The number of amides is 2. The van der Waals surface area contributed by atoms with E-state index >= 15 is 0 Å². The maximum Gasteiger partial charge on any atom is 0.238 e. The normalized spacial score (nSPS) is 10.5. The van der Waals surface area contributed by atoms with Crippen molar-refractivity contribution in [3.8, 4) is 5.75 Å². The second-order valence-corrected chi connectivity index (χ2v) is 6.90. The van der Waals surface area contributed by atoms with E-state index in [9.17, 15) is 9.59 Å². The minimum atomic E-state index is -0.153. The van der Waals surface area contributed by atoms with Gasteiger partial charge in [-0.2, -0.15) is 0 Å². The summed E-state index contributed by atoms with van der Waals surface area (Å²) in [6.07, 6.45) is 1.96. The molecule has 0 spiro atoms. The predicted molar refractivity (Wildman–Crippen MR) is 109 cm³/mol. The van der Waals surface area contributed by atoms with Gasteiger partial charge >= 0.3 is 0 Å². The summed E-state index contributed by atoms with van der Waals surface area (Å²) in [5, 5.41) is 5.74. The molecule has 2 aromatic carbocycles. The number of para-hydroxylation sites is 1. The van der Waals surface area contributed by atoms with E-state index in [0.29, 0.717) is 6.54 Å². The van der Waals surface area contributed by atoms with E-state index in [0.717, 1.165) is 21.9 Å². The molecule has 0 atom stereocenters. The summed E-state index contributed by atoms with van der Waals surface area (Å²) in [7, 11) is 3.35. The van der Waals surface area contributed by atoms with Gasteiger partial charge in [-0.1, -0.05) is 24.3 Å². The van der Waals surface area contributed by atoms with E-state index < -0.39 is 0 Å². The van der Waals surface area contributed by atoms with Crippen molar-refractivity contribution in [2.45, 2.75) is 11.4 Å². The quantitative estimate of drug-likeness (QED) is 0.647. The molecule has 6 nitrogen and oxygen atoms in total. The zero-order valence-corrected chi connectivity index (χ0v) is 16.6. The number of thioether (sulfide) groups is 1. The largest absolute Gasteiger partial charge is 0.497 e. The van der Waals surface area contributed by atoms with Crippen LogP contribution in [-0.2, 0) is 16.1 Å². The van der Waals surface area contributed by atoms with E-state index in [1.54, 1.807) is 30.8 Å². The van der Waals surface area contributed by atoms with Gasteiger partial charge in [-0.3, -0.25) is 14.5 Å². The lowest BCUT2D eigenvalue weighted by Gasteiger charge is -2.17. The van der Waals surface area contributed by atoms with Crippen molar-refractivity contribution in [2.75, 3.05) is 38.8 Å². The smallest absolute Gasteiger partial charge is 0.238 e. The monoisotopic (exact) mass is 387 g/mol. The third-order valence-electron chi connectivity index (χ3n) is 3.83. The summed E-state index contributed by atoms with van der Waals surface area (Å²) >= 11 is 1.57. The first-order valence-corrected chi connectivity index (χ1v) is 9.75. The van der Waals surface area contributed by atoms with E-state index in [-0.39, 0.29) is 24.9 Å². The van der Waals surface area contributed by atoms with Crippen LogP contribution < -0.4 is 15.4 Å². The van der Waals surface area contributed by atoms with Gasteiger partial charge in [0, 0.05) is 11.4 Å². The maximum absolute atomic E-state index is 12.2. The second-order valence-electron chi connectivity index (χ2n) is 6.05. The van der Waals surface area contributed by atoms with Gasteiger partial charge in [-0.15, -0.1) is 11.8 Å². The van der Waals surface area contributed by atoms with Crippen LogP contribution in [0.15, 0.2) is 53.4 Å². The highest BCUT2D eigenvalue weighted by molar-refractivity contribution is 7.98. The molecule has 0 fully saturated rings. The summed E-state index contributed by atoms with van der Waals surface area (Å²) in [6, 6.07) is 15.2. The third kappa shape index (κ3) is 6.96. The Morgan fingerprint density at radius 3 is 2.56 bits per heavy atom. The van der Waals surface area contributed by atoms with Crippen LogP contribution in [0.1, 0.15) is 5.56 Å². The van der Waals surface area contributed by atoms with Gasteiger partial charge in [0.15, 0.2) is 0 Å². The van der Waals surface area contributed by atoms with Crippen LogP contribution in [0, 0.1) is 0 Å². The number of rotatable bonds is 9. The maximum atomic E-state index is 12.2. The van der Waals surface area contributed by atoms with Crippen molar-refractivity contribution in [1.82, 2.24) is 10.2 Å². The highest BCUT2D eigenvalue weighted by atomic mass is 32.2.